The van der Waals surface area contributed by atoms with Crippen molar-refractivity contribution < 1.29 is 4.79 Å². The van der Waals surface area contributed by atoms with Crippen LogP contribution < -0.4 is 11.1 Å². The van der Waals surface area contributed by atoms with Gasteiger partial charge in [0.1, 0.15) is 11.5 Å². The van der Waals surface area contributed by atoms with Crippen LogP contribution >= 0.6 is 11.6 Å². The first-order chi connectivity index (χ1) is 13.7. The van der Waals surface area contributed by atoms with Gasteiger partial charge in [0.2, 0.25) is 5.91 Å². The van der Waals surface area contributed by atoms with E-state index >= 15 is 0 Å². The zero-order valence-corrected chi connectivity index (χ0v) is 18.9. The first-order valence-electron chi connectivity index (χ1n) is 10.6. The number of aromatic nitrogens is 2. The third-order valence-electron chi connectivity index (χ3n) is 5.55. The molecule has 1 aliphatic heterocycles. The first kappa shape index (κ1) is 21.9. The minimum atomic E-state index is 0.00547. The van der Waals surface area contributed by atoms with E-state index in [0.29, 0.717) is 22.2 Å². The lowest BCUT2D eigenvalue weighted by Crippen LogP contribution is -2.42. The normalized spacial score (nSPS) is 16.4. The van der Waals surface area contributed by atoms with Crippen LogP contribution in [0, 0.1) is 11.3 Å². The van der Waals surface area contributed by atoms with Crippen molar-refractivity contribution in [3.8, 4) is 0 Å². The number of nitrogens with zero attached hydrogens (tertiary/aromatic N) is 3. The van der Waals surface area contributed by atoms with Gasteiger partial charge in [0.05, 0.1) is 17.1 Å². The monoisotopic (exact) mass is 419 g/mol. The van der Waals surface area contributed by atoms with Crippen molar-refractivity contribution in [3.63, 3.8) is 0 Å². The summed E-state index contributed by atoms with van der Waals surface area (Å²) in [4.78, 5) is 19.7. The van der Waals surface area contributed by atoms with Crippen LogP contribution in [0.5, 0.6) is 0 Å². The third kappa shape index (κ3) is 5.64. The summed E-state index contributed by atoms with van der Waals surface area (Å²) >= 11 is 6.28. The van der Waals surface area contributed by atoms with Crippen molar-refractivity contribution in [3.05, 3.63) is 28.5 Å². The van der Waals surface area contributed by atoms with Crippen LogP contribution in [-0.2, 0) is 17.6 Å². The second-order valence-electron chi connectivity index (χ2n) is 9.44. The Morgan fingerprint density at radius 3 is 2.66 bits per heavy atom. The Morgan fingerprint density at radius 2 is 2.03 bits per heavy atom. The number of pyridine rings is 1. The molecule has 2 aromatic heterocycles. The molecule has 6 nitrogen and oxygen atoms in total. The van der Waals surface area contributed by atoms with Crippen molar-refractivity contribution >= 4 is 29.0 Å². The summed E-state index contributed by atoms with van der Waals surface area (Å²) in [5, 5.41) is 3.57. The molecule has 0 saturated carbocycles. The summed E-state index contributed by atoms with van der Waals surface area (Å²) in [6.07, 6.45) is 5.22. The second-order valence-corrected chi connectivity index (χ2v) is 9.85. The molecule has 0 radical (unpaired) electrons. The van der Waals surface area contributed by atoms with E-state index in [1.807, 2.05) is 13.1 Å². The number of carbonyl (C=O) groups is 1. The second kappa shape index (κ2) is 8.92. The van der Waals surface area contributed by atoms with E-state index in [2.05, 4.69) is 36.0 Å². The largest absolute Gasteiger partial charge is 0.384 e. The van der Waals surface area contributed by atoms with E-state index in [0.717, 1.165) is 62.3 Å². The van der Waals surface area contributed by atoms with Crippen LogP contribution in [0.25, 0.3) is 5.65 Å². The average molecular weight is 420 g/mol. The predicted octanol–water partition coefficient (Wildman–Crippen LogP) is 3.55. The molecule has 1 saturated heterocycles. The molecule has 0 atom stereocenters. The van der Waals surface area contributed by atoms with Crippen LogP contribution in [0.1, 0.15) is 51.8 Å². The number of rotatable bonds is 6. The maximum Gasteiger partial charge on any atom is 0.224 e. The van der Waals surface area contributed by atoms with Gasteiger partial charge in [-0.15, -0.1) is 0 Å². The minimum absolute atomic E-state index is 0.00547. The number of nitrogen functional groups attached to an aromatic ring is 1. The molecule has 29 heavy (non-hydrogen) atoms. The third-order valence-corrected chi connectivity index (χ3v) is 5.86. The number of nitrogens with one attached hydrogen (secondary N) is 1. The molecule has 1 aliphatic rings. The molecule has 1 fully saturated rings. The Morgan fingerprint density at radius 1 is 1.34 bits per heavy atom. The van der Waals surface area contributed by atoms with Crippen LogP contribution in [0.4, 0.5) is 5.82 Å². The zero-order chi connectivity index (χ0) is 21.2. The lowest BCUT2D eigenvalue weighted by molar-refractivity contribution is -0.120. The Hall–Kier alpha value is -1.79. The SMILES string of the molecule is CCc1cn2c(N)c(Cl)cc(CC(=O)NCC3CCN(CC(C)(C)C)CC3)c2n1. The number of hydrogen-bond donors (Lipinski definition) is 2. The number of halogens is 1. The van der Waals surface area contributed by atoms with Crippen molar-refractivity contribution in [2.75, 3.05) is 31.9 Å². The topological polar surface area (TPSA) is 75.7 Å². The summed E-state index contributed by atoms with van der Waals surface area (Å²) in [5.41, 5.74) is 8.87. The molecule has 7 heteroatoms. The maximum atomic E-state index is 12.6. The highest BCUT2D eigenvalue weighted by Gasteiger charge is 2.23. The summed E-state index contributed by atoms with van der Waals surface area (Å²) in [7, 11) is 0. The molecule has 0 spiro atoms. The summed E-state index contributed by atoms with van der Waals surface area (Å²) < 4.78 is 1.79. The molecule has 2 aromatic rings. The molecule has 0 aliphatic carbocycles. The van der Waals surface area contributed by atoms with Gasteiger partial charge in [-0.2, -0.15) is 0 Å². The molecule has 1 amide bonds. The van der Waals surface area contributed by atoms with E-state index in [4.69, 9.17) is 17.3 Å². The van der Waals surface area contributed by atoms with E-state index in [1.165, 1.54) is 0 Å². The number of piperidine rings is 1. The smallest absolute Gasteiger partial charge is 0.224 e. The van der Waals surface area contributed by atoms with Crippen LogP contribution in [-0.4, -0.2) is 46.4 Å². The van der Waals surface area contributed by atoms with Gasteiger partial charge in [-0.25, -0.2) is 4.98 Å². The predicted molar refractivity (Wildman–Crippen MR) is 119 cm³/mol. The average Bonchev–Trinajstić information content (AvgIpc) is 3.09. The highest BCUT2D eigenvalue weighted by atomic mass is 35.5. The minimum Gasteiger partial charge on any atom is -0.384 e. The van der Waals surface area contributed by atoms with E-state index in [9.17, 15) is 4.79 Å². The van der Waals surface area contributed by atoms with Crippen LogP contribution in [0.3, 0.4) is 0 Å². The van der Waals surface area contributed by atoms with Crippen molar-refractivity contribution in [1.29, 1.82) is 0 Å². The Kier molecular flexibility index (Phi) is 6.74. The zero-order valence-electron chi connectivity index (χ0n) is 18.1. The number of fused-ring (bicyclic) bond motifs is 1. The van der Waals surface area contributed by atoms with Crippen LogP contribution in [0.2, 0.25) is 5.02 Å². The molecule has 3 rings (SSSR count). The number of hydrogen-bond acceptors (Lipinski definition) is 4. The fourth-order valence-electron chi connectivity index (χ4n) is 4.06. The quantitative estimate of drug-likeness (QED) is 0.750. The van der Waals surface area contributed by atoms with Crippen LogP contribution in [0.15, 0.2) is 12.3 Å². The standard InChI is InChI=1S/C22H34ClN5O/c1-5-17-13-28-20(24)18(23)10-16(21(28)26-17)11-19(29)25-12-15-6-8-27(9-7-15)14-22(2,3)4/h10,13,15H,5-9,11-12,14,24H2,1-4H3,(H,25,29). The summed E-state index contributed by atoms with van der Waals surface area (Å²) in [6.45, 7) is 13.0. The number of likely N-dealkylation sites (tertiary alicyclic amines) is 1. The summed E-state index contributed by atoms with van der Waals surface area (Å²) in [6, 6.07) is 1.77. The number of imidazole rings is 1. The van der Waals surface area contributed by atoms with Gasteiger partial charge < -0.3 is 16.0 Å². The Balaban J connectivity index is 1.55. The molecule has 0 bridgehead atoms. The van der Waals surface area contributed by atoms with E-state index in [-0.39, 0.29) is 12.3 Å². The van der Waals surface area contributed by atoms with Crippen molar-refractivity contribution in [2.45, 2.75) is 53.4 Å². The molecule has 0 aromatic carbocycles. The van der Waals surface area contributed by atoms with Crippen molar-refractivity contribution in [1.82, 2.24) is 19.6 Å². The molecular weight excluding hydrogens is 386 g/mol. The Labute approximate surface area is 178 Å². The molecule has 3 heterocycles. The Bertz CT molecular complexity index is 862. The molecule has 160 valence electrons. The van der Waals surface area contributed by atoms with Gasteiger partial charge in [0, 0.05) is 24.8 Å². The number of anilines is 1. The fraction of sp³-hybridized carbons (Fsp3) is 0.636. The number of amides is 1. The highest BCUT2D eigenvalue weighted by Crippen LogP contribution is 2.25. The number of aryl methyl sites for hydroxylation is 1. The molecule has 0 unspecified atom stereocenters. The maximum absolute atomic E-state index is 12.6. The number of nitrogens with two attached hydrogens (primary N) is 1. The van der Waals surface area contributed by atoms with Gasteiger partial charge in [0.15, 0.2) is 0 Å². The molecular formula is C22H34ClN5O. The van der Waals surface area contributed by atoms with Gasteiger partial charge in [-0.1, -0.05) is 39.3 Å². The fourth-order valence-corrected chi connectivity index (χ4v) is 4.28. The van der Waals surface area contributed by atoms with Gasteiger partial charge in [-0.05, 0) is 49.8 Å². The number of carbonyl (C=O) groups excluding carboxylic acids is 1. The first-order valence-corrected chi connectivity index (χ1v) is 11.0. The lowest BCUT2D eigenvalue weighted by Gasteiger charge is -2.36. The highest BCUT2D eigenvalue weighted by molar-refractivity contribution is 6.33. The van der Waals surface area contributed by atoms with Gasteiger partial charge in [0.25, 0.3) is 0 Å². The van der Waals surface area contributed by atoms with E-state index < -0.39 is 0 Å². The van der Waals surface area contributed by atoms with E-state index in [1.54, 1.807) is 10.5 Å². The van der Waals surface area contributed by atoms with Gasteiger partial charge >= 0.3 is 0 Å². The summed E-state index contributed by atoms with van der Waals surface area (Å²) in [5.74, 6) is 1.01. The van der Waals surface area contributed by atoms with Gasteiger partial charge in [-0.3, -0.25) is 9.20 Å². The van der Waals surface area contributed by atoms with Crippen molar-refractivity contribution in [2.24, 2.45) is 11.3 Å². The molecule has 3 N–H and O–H groups in total. The lowest BCUT2D eigenvalue weighted by atomic mass is 9.92.